The summed E-state index contributed by atoms with van der Waals surface area (Å²) in [6.45, 7) is 0. The van der Waals surface area contributed by atoms with E-state index in [1.807, 2.05) is 61.4 Å². The van der Waals surface area contributed by atoms with E-state index in [2.05, 4.69) is 143 Å². The second-order valence-corrected chi connectivity index (χ2v) is 16.5. The van der Waals surface area contributed by atoms with Gasteiger partial charge in [-0.2, -0.15) is 0 Å². The highest BCUT2D eigenvalue weighted by molar-refractivity contribution is 6.29. The van der Waals surface area contributed by atoms with Crippen LogP contribution in [-0.4, -0.2) is 19.9 Å². The fourth-order valence-corrected chi connectivity index (χ4v) is 10.7. The zero-order valence-electron chi connectivity index (χ0n) is 53.3. The van der Waals surface area contributed by atoms with Gasteiger partial charge in [0.05, 0.1) is 11.4 Å². The molecule has 0 saturated heterocycles. The topological polar surface area (TPSA) is 51.6 Å². The molecule has 2 aliphatic carbocycles. The summed E-state index contributed by atoms with van der Waals surface area (Å²) >= 11 is 0. The van der Waals surface area contributed by atoms with E-state index in [9.17, 15) is 0 Å². The SMILES string of the molecule is [2H][2H].[2H][2H].[2H][2H].[2H][2H].[2H][2H].[2H][2H].[2H][2H].[2H][2H].[2H][2H].[2H][2H].c1cc2c3c(cccc3c1)-c1cc3c(cc1-2)c(-c1ccnc(-c2ccncc2)c1)cc1c2cc4c(c(-c5ccnc(-c6ccncc6)c5)c2ccc31)-c1cccc2cccc-4c12. The zero-order valence-corrected chi connectivity index (χ0v) is 33.3. The van der Waals surface area contributed by atoms with E-state index in [0.717, 1.165) is 33.6 Å². The molecular formula is C58H52N4. The molecule has 0 spiro atoms. The Labute approximate surface area is 387 Å². The normalized spacial score (nSPS) is 13.5. The van der Waals surface area contributed by atoms with Crippen LogP contribution in [0.5, 0.6) is 0 Å². The van der Waals surface area contributed by atoms with E-state index >= 15 is 0 Å². The smallest absolute Gasteiger partial charge is 0.0709 e. The Bertz CT molecular complexity index is 3970. The Morgan fingerprint density at radius 2 is 0.742 bits per heavy atom. The molecule has 0 saturated carbocycles. The summed E-state index contributed by atoms with van der Waals surface area (Å²) in [6, 6.07) is 58.5. The second-order valence-electron chi connectivity index (χ2n) is 16.5. The average Bonchev–Trinajstić information content (AvgIpc) is 2.10. The zero-order chi connectivity index (χ0) is 60.5. The maximum absolute atomic E-state index is 5.00. The fourth-order valence-electron chi connectivity index (χ4n) is 10.7. The van der Waals surface area contributed by atoms with Crippen molar-refractivity contribution >= 4 is 53.9 Å². The van der Waals surface area contributed by atoms with Gasteiger partial charge >= 0.3 is 0 Å². The fraction of sp³-hybridized carbons (Fsp3) is 0. The van der Waals surface area contributed by atoms with Gasteiger partial charge in [0.15, 0.2) is 0 Å². The molecular weight excluding hydrogens is 753 g/mol. The number of nitrogens with zero attached hydrogens (tertiary/aromatic N) is 4. The number of hydrogen-bond donors (Lipinski definition) is 0. The molecule has 0 atom stereocenters. The summed E-state index contributed by atoms with van der Waals surface area (Å²) in [6.07, 6.45) is 11.2. The monoisotopic (exact) mass is 825 g/mol. The van der Waals surface area contributed by atoms with Crippen molar-refractivity contribution in [3.05, 3.63) is 195 Å². The minimum Gasteiger partial charge on any atom is -0.265 e. The molecule has 0 amide bonds. The van der Waals surface area contributed by atoms with Gasteiger partial charge in [-0.3, -0.25) is 19.9 Å². The highest BCUT2D eigenvalue weighted by Crippen LogP contribution is 2.56. The number of aromatic nitrogens is 4. The lowest BCUT2D eigenvalue weighted by Crippen LogP contribution is -1.93. The van der Waals surface area contributed by atoms with Crippen molar-refractivity contribution in [1.82, 2.24) is 19.9 Å². The molecule has 0 unspecified atom stereocenters. The first-order chi connectivity index (χ1) is 40.7. The molecule has 14 rings (SSSR count). The van der Waals surface area contributed by atoms with Gasteiger partial charge in [-0.1, -0.05) is 84.9 Å². The summed E-state index contributed by atoms with van der Waals surface area (Å²) in [5, 5.41) is 12.5. The van der Waals surface area contributed by atoms with Crippen LogP contribution in [0.15, 0.2) is 195 Å². The van der Waals surface area contributed by atoms with Gasteiger partial charge in [0.25, 0.3) is 0 Å². The molecule has 8 aromatic carbocycles. The molecule has 304 valence electrons. The third-order valence-corrected chi connectivity index (χ3v) is 13.4. The highest BCUT2D eigenvalue weighted by atomic mass is 14.7. The lowest BCUT2D eigenvalue weighted by molar-refractivity contribution is 1.29. The van der Waals surface area contributed by atoms with Crippen LogP contribution in [0.2, 0.25) is 0 Å². The highest BCUT2D eigenvalue weighted by Gasteiger charge is 2.29. The van der Waals surface area contributed by atoms with Gasteiger partial charge in [0, 0.05) is 78.0 Å². The summed E-state index contributed by atoms with van der Waals surface area (Å²) in [7, 11) is 0. The Hall–Kier alpha value is -8.34. The molecule has 12 aromatic rings. The van der Waals surface area contributed by atoms with Crippen molar-refractivity contribution in [3.8, 4) is 89.3 Å². The Morgan fingerprint density at radius 3 is 1.39 bits per heavy atom. The maximum Gasteiger partial charge on any atom is 0.0709 e. The lowest BCUT2D eigenvalue weighted by atomic mass is 9.84. The van der Waals surface area contributed by atoms with E-state index in [1.165, 1.54) is 109 Å². The van der Waals surface area contributed by atoms with Gasteiger partial charge in [0.1, 0.15) is 0 Å². The van der Waals surface area contributed by atoms with E-state index < -0.39 is 0 Å². The van der Waals surface area contributed by atoms with E-state index in [1.54, 1.807) is 0 Å². The first kappa shape index (κ1) is 25.3. The standard InChI is InChI=1S/C58H32N4.10H2/c1-5-35-6-2-10-41-49-31-51-45(37-19-25-61-53(27-37)33-15-21-59-22-16-33)29-46-39(47(51)30-48(49)40(9-1)55(35)41)13-14-43-50(46)32-52-42-11-3-7-36-8-4-12-44(56(36)42)58(52)57(43)38-20-26-62-54(28-38)34-17-23-60-24-18-34;;;;;;;;;;/h1-32H;10*1H/i;10*1+1D. The molecule has 0 bridgehead atoms. The molecule has 4 heterocycles. The lowest BCUT2D eigenvalue weighted by Gasteiger charge is -2.19. The quantitative estimate of drug-likeness (QED) is 0.166. The largest absolute Gasteiger partial charge is 0.265 e. The average molecular weight is 825 g/mol. The van der Waals surface area contributed by atoms with Crippen LogP contribution in [-0.2, 0) is 0 Å². The van der Waals surface area contributed by atoms with Crippen molar-refractivity contribution in [3.63, 3.8) is 0 Å². The number of pyridine rings is 4. The second kappa shape index (κ2) is 12.6. The molecule has 4 aromatic heterocycles. The molecule has 4 heteroatoms. The Morgan fingerprint density at radius 1 is 0.290 bits per heavy atom. The molecule has 62 heavy (non-hydrogen) atoms. The van der Waals surface area contributed by atoms with Crippen LogP contribution in [0.4, 0.5) is 0 Å². The third-order valence-electron chi connectivity index (χ3n) is 13.4. The summed E-state index contributed by atoms with van der Waals surface area (Å²) in [5.74, 6) is 0. The van der Waals surface area contributed by atoms with Crippen LogP contribution >= 0.6 is 0 Å². The predicted octanol–water partition coefficient (Wildman–Crippen LogP) is 17.5. The van der Waals surface area contributed by atoms with E-state index in [4.69, 9.17) is 39.7 Å². The van der Waals surface area contributed by atoms with Crippen molar-refractivity contribution in [2.24, 2.45) is 0 Å². The van der Waals surface area contributed by atoms with E-state index in [0.29, 0.717) is 0 Å². The van der Waals surface area contributed by atoms with Crippen LogP contribution < -0.4 is 0 Å². The molecule has 4 nitrogen and oxygen atoms in total. The van der Waals surface area contributed by atoms with Crippen molar-refractivity contribution in [1.29, 1.82) is 0 Å². The van der Waals surface area contributed by atoms with Crippen LogP contribution in [0.1, 0.15) is 29.7 Å². The Kier molecular flexibility index (Phi) is 5.14. The van der Waals surface area contributed by atoms with Crippen molar-refractivity contribution in [2.75, 3.05) is 0 Å². The van der Waals surface area contributed by atoms with Crippen LogP contribution in [0.3, 0.4) is 0 Å². The van der Waals surface area contributed by atoms with Crippen molar-refractivity contribution in [2.45, 2.75) is 0 Å². The van der Waals surface area contributed by atoms with Crippen LogP contribution in [0, 0.1) is 0 Å². The van der Waals surface area contributed by atoms with Gasteiger partial charge in [0.2, 0.25) is 0 Å². The molecule has 0 fully saturated rings. The number of hydrogen-bond acceptors (Lipinski definition) is 4. The van der Waals surface area contributed by atoms with Gasteiger partial charge in [-0.15, -0.1) is 0 Å². The molecule has 0 N–H and O–H groups in total. The Balaban J connectivity index is 0.000000659. The first-order valence-corrected chi connectivity index (χ1v) is 21.1. The first-order valence-electron chi connectivity index (χ1n) is 31.1. The third kappa shape index (κ3) is 4.66. The van der Waals surface area contributed by atoms with Gasteiger partial charge in [-0.25, -0.2) is 0 Å². The molecule has 0 radical (unpaired) electrons. The molecule has 0 aliphatic heterocycles. The van der Waals surface area contributed by atoms with Gasteiger partial charge in [-0.05, 0) is 193 Å². The van der Waals surface area contributed by atoms with E-state index in [-0.39, 0.29) is 0 Å². The minimum atomic E-state index is 0.919. The summed E-state index contributed by atoms with van der Waals surface area (Å²) < 4.78 is 100. The number of fused-ring (bicyclic) bond motifs is 11. The molecule has 2 aliphatic rings. The summed E-state index contributed by atoms with van der Waals surface area (Å²) in [4.78, 5) is 18.3. The number of benzene rings is 8. The predicted molar refractivity (Wildman–Crippen MR) is 277 cm³/mol. The van der Waals surface area contributed by atoms with Crippen LogP contribution in [0.25, 0.3) is 143 Å². The van der Waals surface area contributed by atoms with Crippen molar-refractivity contribution < 1.29 is 29.7 Å². The van der Waals surface area contributed by atoms with Gasteiger partial charge < -0.3 is 0 Å². The summed E-state index contributed by atoms with van der Waals surface area (Å²) in [5.41, 5.74) is 18.8. The maximum atomic E-state index is 5.00. The number of rotatable bonds is 4. The minimum absolute atomic E-state index is 0.919.